The summed E-state index contributed by atoms with van der Waals surface area (Å²) in [6, 6.07) is 12.3. The first-order valence-electron chi connectivity index (χ1n) is 8.88. The number of aliphatic hydroxyl groups excluding tert-OH is 1. The molecule has 1 saturated heterocycles. The van der Waals surface area contributed by atoms with Crippen LogP contribution in [0.2, 0.25) is 0 Å². The number of halogens is 1. The SMILES string of the molecule is O=C(Nc1ccc(CC(=O)N2CCC(O)CC2)cc1)Nc1ccccc1F. The smallest absolute Gasteiger partial charge is 0.323 e. The molecule has 0 bridgehead atoms. The van der Waals surface area contributed by atoms with Gasteiger partial charge in [-0.05, 0) is 42.7 Å². The van der Waals surface area contributed by atoms with E-state index in [0.29, 0.717) is 31.6 Å². The van der Waals surface area contributed by atoms with Crippen LogP contribution in [-0.4, -0.2) is 41.1 Å². The third-order valence-corrected chi connectivity index (χ3v) is 4.51. The Morgan fingerprint density at radius 3 is 2.37 bits per heavy atom. The van der Waals surface area contributed by atoms with E-state index in [0.717, 1.165) is 5.56 Å². The summed E-state index contributed by atoms with van der Waals surface area (Å²) in [7, 11) is 0. The van der Waals surface area contributed by atoms with E-state index >= 15 is 0 Å². The standard InChI is InChI=1S/C20H22FN3O3/c21-17-3-1-2-4-18(17)23-20(27)22-15-7-5-14(6-8-15)13-19(26)24-11-9-16(25)10-12-24/h1-8,16,25H,9-13H2,(H2,22,23,27). The second-order valence-electron chi connectivity index (χ2n) is 6.54. The molecule has 0 aliphatic carbocycles. The van der Waals surface area contributed by atoms with Crippen LogP contribution < -0.4 is 10.6 Å². The zero-order chi connectivity index (χ0) is 19.2. The highest BCUT2D eigenvalue weighted by Gasteiger charge is 2.21. The molecule has 142 valence electrons. The number of aliphatic hydroxyl groups is 1. The number of rotatable bonds is 4. The van der Waals surface area contributed by atoms with Gasteiger partial charge < -0.3 is 20.6 Å². The zero-order valence-corrected chi connectivity index (χ0v) is 14.8. The van der Waals surface area contributed by atoms with E-state index in [2.05, 4.69) is 10.6 Å². The Hall–Kier alpha value is -2.93. The van der Waals surface area contributed by atoms with Crippen LogP contribution >= 0.6 is 0 Å². The number of carbonyl (C=O) groups excluding carboxylic acids is 2. The number of carbonyl (C=O) groups is 2. The summed E-state index contributed by atoms with van der Waals surface area (Å²) < 4.78 is 13.5. The topological polar surface area (TPSA) is 81.7 Å². The van der Waals surface area contributed by atoms with Crippen molar-refractivity contribution >= 4 is 23.3 Å². The third-order valence-electron chi connectivity index (χ3n) is 4.51. The summed E-state index contributed by atoms with van der Waals surface area (Å²) in [6.45, 7) is 1.16. The number of nitrogens with one attached hydrogen (secondary N) is 2. The summed E-state index contributed by atoms with van der Waals surface area (Å²) in [5.74, 6) is -0.480. The lowest BCUT2D eigenvalue weighted by atomic mass is 10.1. The number of para-hydroxylation sites is 1. The molecule has 0 spiro atoms. The van der Waals surface area contributed by atoms with Gasteiger partial charge in [-0.2, -0.15) is 0 Å². The molecule has 1 fully saturated rings. The molecule has 1 heterocycles. The van der Waals surface area contributed by atoms with Gasteiger partial charge in [0.05, 0.1) is 18.2 Å². The Balaban J connectivity index is 1.52. The predicted molar refractivity (Wildman–Crippen MR) is 101 cm³/mol. The van der Waals surface area contributed by atoms with Crippen LogP contribution in [0.4, 0.5) is 20.6 Å². The highest BCUT2D eigenvalue weighted by Crippen LogP contribution is 2.16. The quantitative estimate of drug-likeness (QED) is 0.773. The maximum Gasteiger partial charge on any atom is 0.323 e. The fourth-order valence-corrected chi connectivity index (χ4v) is 2.95. The normalized spacial score (nSPS) is 14.7. The van der Waals surface area contributed by atoms with Crippen molar-refractivity contribution in [1.29, 1.82) is 0 Å². The number of hydrogen-bond donors (Lipinski definition) is 3. The van der Waals surface area contributed by atoms with Gasteiger partial charge in [0.25, 0.3) is 0 Å². The molecule has 7 heteroatoms. The first kappa shape index (κ1) is 18.8. The summed E-state index contributed by atoms with van der Waals surface area (Å²) in [4.78, 5) is 26.0. The lowest BCUT2D eigenvalue weighted by Crippen LogP contribution is -2.40. The van der Waals surface area contributed by atoms with E-state index in [9.17, 15) is 19.1 Å². The summed E-state index contributed by atoms with van der Waals surface area (Å²) in [5.41, 5.74) is 1.48. The molecule has 1 aliphatic rings. The van der Waals surface area contributed by atoms with E-state index in [1.165, 1.54) is 12.1 Å². The van der Waals surface area contributed by atoms with Crippen molar-refractivity contribution in [1.82, 2.24) is 4.90 Å². The van der Waals surface area contributed by atoms with Gasteiger partial charge in [-0.15, -0.1) is 0 Å². The Kier molecular flexibility index (Phi) is 6.03. The van der Waals surface area contributed by atoms with Gasteiger partial charge in [-0.25, -0.2) is 9.18 Å². The highest BCUT2D eigenvalue weighted by molar-refractivity contribution is 5.99. The van der Waals surface area contributed by atoms with Gasteiger partial charge in [0.15, 0.2) is 0 Å². The molecule has 3 N–H and O–H groups in total. The number of anilines is 2. The van der Waals surface area contributed by atoms with Gasteiger partial charge >= 0.3 is 6.03 Å². The zero-order valence-electron chi connectivity index (χ0n) is 14.8. The molecule has 1 aliphatic heterocycles. The number of nitrogens with zero attached hydrogens (tertiary/aromatic N) is 1. The van der Waals surface area contributed by atoms with Crippen LogP contribution in [0.25, 0.3) is 0 Å². The number of likely N-dealkylation sites (tertiary alicyclic amines) is 1. The minimum absolute atomic E-state index is 0.0277. The van der Waals surface area contributed by atoms with Crippen LogP contribution in [0.3, 0.4) is 0 Å². The van der Waals surface area contributed by atoms with Crippen LogP contribution in [0.15, 0.2) is 48.5 Å². The molecule has 6 nitrogen and oxygen atoms in total. The fraction of sp³-hybridized carbons (Fsp3) is 0.300. The van der Waals surface area contributed by atoms with Gasteiger partial charge in [0.1, 0.15) is 5.82 Å². The molecule has 27 heavy (non-hydrogen) atoms. The van der Waals surface area contributed by atoms with Crippen molar-refractivity contribution in [3.8, 4) is 0 Å². The number of piperidine rings is 1. The summed E-state index contributed by atoms with van der Waals surface area (Å²) in [5, 5.41) is 14.6. The molecule has 3 rings (SSSR count). The third kappa shape index (κ3) is 5.27. The second-order valence-corrected chi connectivity index (χ2v) is 6.54. The number of hydrogen-bond acceptors (Lipinski definition) is 3. The number of benzene rings is 2. The fourth-order valence-electron chi connectivity index (χ4n) is 2.95. The number of urea groups is 1. The average Bonchev–Trinajstić information content (AvgIpc) is 2.66. The molecule has 2 aromatic rings. The van der Waals surface area contributed by atoms with E-state index < -0.39 is 11.8 Å². The van der Waals surface area contributed by atoms with Crippen LogP contribution in [-0.2, 0) is 11.2 Å². The monoisotopic (exact) mass is 371 g/mol. The van der Waals surface area contributed by atoms with Gasteiger partial charge in [-0.3, -0.25) is 4.79 Å². The van der Waals surface area contributed by atoms with Gasteiger partial charge in [0.2, 0.25) is 5.91 Å². The van der Waals surface area contributed by atoms with Crippen LogP contribution in [0, 0.1) is 5.82 Å². The predicted octanol–water partition coefficient (Wildman–Crippen LogP) is 3.00. The van der Waals surface area contributed by atoms with Gasteiger partial charge in [-0.1, -0.05) is 24.3 Å². The minimum Gasteiger partial charge on any atom is -0.393 e. The van der Waals surface area contributed by atoms with E-state index in [-0.39, 0.29) is 24.1 Å². The summed E-state index contributed by atoms with van der Waals surface area (Å²) in [6.07, 6.45) is 1.20. The number of amides is 3. The first-order valence-corrected chi connectivity index (χ1v) is 8.88. The molecule has 0 saturated carbocycles. The maximum atomic E-state index is 13.5. The van der Waals surface area contributed by atoms with Crippen molar-refractivity contribution in [2.24, 2.45) is 0 Å². The Bertz CT molecular complexity index is 802. The molecule has 0 aromatic heterocycles. The van der Waals surface area contributed by atoms with Crippen molar-refractivity contribution < 1.29 is 19.1 Å². The molecule has 0 atom stereocenters. The molecule has 3 amide bonds. The highest BCUT2D eigenvalue weighted by atomic mass is 19.1. The van der Waals surface area contributed by atoms with E-state index in [1.54, 1.807) is 41.3 Å². The molecule has 2 aromatic carbocycles. The Morgan fingerprint density at radius 1 is 1.04 bits per heavy atom. The lowest BCUT2D eigenvalue weighted by Gasteiger charge is -2.29. The first-order chi connectivity index (χ1) is 13.0. The maximum absolute atomic E-state index is 13.5. The molecular weight excluding hydrogens is 349 g/mol. The van der Waals surface area contributed by atoms with Gasteiger partial charge in [0, 0.05) is 18.8 Å². The van der Waals surface area contributed by atoms with Crippen molar-refractivity contribution in [2.45, 2.75) is 25.4 Å². The largest absolute Gasteiger partial charge is 0.393 e. The van der Waals surface area contributed by atoms with Crippen molar-refractivity contribution in [2.75, 3.05) is 23.7 Å². The van der Waals surface area contributed by atoms with Crippen molar-refractivity contribution in [3.63, 3.8) is 0 Å². The van der Waals surface area contributed by atoms with Crippen molar-refractivity contribution in [3.05, 3.63) is 59.9 Å². The van der Waals surface area contributed by atoms with Crippen LogP contribution in [0.1, 0.15) is 18.4 Å². The summed E-state index contributed by atoms with van der Waals surface area (Å²) >= 11 is 0. The Morgan fingerprint density at radius 2 is 1.70 bits per heavy atom. The van der Waals surface area contributed by atoms with Crippen LogP contribution in [0.5, 0.6) is 0 Å². The van der Waals surface area contributed by atoms with E-state index in [4.69, 9.17) is 0 Å². The molecular formula is C20H22FN3O3. The Labute approximate surface area is 157 Å². The second kappa shape index (κ2) is 8.64. The molecule has 0 radical (unpaired) electrons. The minimum atomic E-state index is -0.546. The molecule has 0 unspecified atom stereocenters. The lowest BCUT2D eigenvalue weighted by molar-refractivity contribution is -0.132. The van der Waals surface area contributed by atoms with E-state index in [1.807, 2.05) is 0 Å². The average molecular weight is 371 g/mol.